The molecule has 0 spiro atoms. The van der Waals surface area contributed by atoms with Crippen molar-refractivity contribution in [3.8, 4) is 11.8 Å². The van der Waals surface area contributed by atoms with Gasteiger partial charge in [0, 0.05) is 30.8 Å². The Labute approximate surface area is 115 Å². The second-order valence-corrected chi connectivity index (χ2v) is 4.81. The van der Waals surface area contributed by atoms with E-state index in [0.717, 1.165) is 10.7 Å². The van der Waals surface area contributed by atoms with E-state index in [1.807, 2.05) is 17.8 Å². The number of aliphatic hydroxyl groups excluding tert-OH is 1. The first-order valence-corrected chi connectivity index (χ1v) is 6.67. The van der Waals surface area contributed by atoms with Crippen LogP contribution in [-0.2, 0) is 12.8 Å². The Morgan fingerprint density at radius 2 is 2.32 bits per heavy atom. The molecule has 0 radical (unpaired) electrons. The average Bonchev–Trinajstić information content (AvgIpc) is 2.81. The first-order valence-electron chi connectivity index (χ1n) is 5.69. The summed E-state index contributed by atoms with van der Waals surface area (Å²) in [6, 6.07) is 4.52. The van der Waals surface area contributed by atoms with Crippen LogP contribution in [0.3, 0.4) is 0 Å². The molecule has 0 aliphatic rings. The Kier molecular flexibility index (Phi) is 4.61. The van der Waals surface area contributed by atoms with Gasteiger partial charge in [0.1, 0.15) is 12.4 Å². The quantitative estimate of drug-likeness (QED) is 0.690. The molecule has 19 heavy (non-hydrogen) atoms. The SMILES string of the molecule is Cn1ccnc1SCc1ccc(F)cc1C#CCO. The van der Waals surface area contributed by atoms with Crippen molar-refractivity contribution in [2.75, 3.05) is 6.61 Å². The summed E-state index contributed by atoms with van der Waals surface area (Å²) in [6.45, 7) is -0.234. The molecule has 5 heteroatoms. The Morgan fingerprint density at radius 3 is 3.00 bits per heavy atom. The molecule has 1 aromatic carbocycles. The number of aryl methyl sites for hydroxylation is 1. The van der Waals surface area contributed by atoms with Crippen LogP contribution in [0.1, 0.15) is 11.1 Å². The number of halogens is 1. The molecule has 0 aliphatic heterocycles. The first-order chi connectivity index (χ1) is 9.20. The second-order valence-electron chi connectivity index (χ2n) is 3.87. The third-order valence-electron chi connectivity index (χ3n) is 2.51. The lowest BCUT2D eigenvalue weighted by molar-refractivity contribution is 0.350. The number of benzene rings is 1. The van der Waals surface area contributed by atoms with E-state index >= 15 is 0 Å². The molecule has 0 saturated heterocycles. The van der Waals surface area contributed by atoms with E-state index in [2.05, 4.69) is 16.8 Å². The van der Waals surface area contributed by atoms with Crippen LogP contribution in [0.25, 0.3) is 0 Å². The number of thioether (sulfide) groups is 1. The maximum Gasteiger partial charge on any atom is 0.167 e. The number of aliphatic hydroxyl groups is 1. The van der Waals surface area contributed by atoms with Gasteiger partial charge in [0.25, 0.3) is 0 Å². The van der Waals surface area contributed by atoms with E-state index in [1.165, 1.54) is 12.1 Å². The van der Waals surface area contributed by atoms with Gasteiger partial charge >= 0.3 is 0 Å². The molecule has 1 N–H and O–H groups in total. The Bertz CT molecular complexity index is 628. The van der Waals surface area contributed by atoms with Gasteiger partial charge in [-0.25, -0.2) is 9.37 Å². The van der Waals surface area contributed by atoms with Crippen molar-refractivity contribution < 1.29 is 9.50 Å². The van der Waals surface area contributed by atoms with Crippen molar-refractivity contribution in [2.24, 2.45) is 7.05 Å². The van der Waals surface area contributed by atoms with Crippen LogP contribution in [0.2, 0.25) is 0 Å². The van der Waals surface area contributed by atoms with Gasteiger partial charge in [-0.2, -0.15) is 0 Å². The molecule has 2 rings (SSSR count). The largest absolute Gasteiger partial charge is 0.384 e. The van der Waals surface area contributed by atoms with Crippen molar-refractivity contribution >= 4 is 11.8 Å². The van der Waals surface area contributed by atoms with Gasteiger partial charge in [0.15, 0.2) is 5.16 Å². The van der Waals surface area contributed by atoms with Crippen molar-refractivity contribution in [1.82, 2.24) is 9.55 Å². The lowest BCUT2D eigenvalue weighted by Crippen LogP contribution is -1.93. The smallest absolute Gasteiger partial charge is 0.167 e. The summed E-state index contributed by atoms with van der Waals surface area (Å²) in [5, 5.41) is 9.61. The zero-order valence-electron chi connectivity index (χ0n) is 10.4. The summed E-state index contributed by atoms with van der Waals surface area (Å²) in [5.41, 5.74) is 1.53. The molecule has 98 valence electrons. The highest BCUT2D eigenvalue weighted by molar-refractivity contribution is 7.98. The number of aromatic nitrogens is 2. The van der Waals surface area contributed by atoms with E-state index in [9.17, 15) is 4.39 Å². The van der Waals surface area contributed by atoms with E-state index in [4.69, 9.17) is 5.11 Å². The molecule has 0 aliphatic carbocycles. The van der Waals surface area contributed by atoms with E-state index in [0.29, 0.717) is 11.3 Å². The van der Waals surface area contributed by atoms with Crippen molar-refractivity contribution in [3.05, 3.63) is 47.5 Å². The Hall–Kier alpha value is -1.77. The van der Waals surface area contributed by atoms with E-state index in [-0.39, 0.29) is 12.4 Å². The maximum absolute atomic E-state index is 13.2. The fourth-order valence-corrected chi connectivity index (χ4v) is 2.50. The van der Waals surface area contributed by atoms with Crippen LogP contribution in [-0.4, -0.2) is 21.3 Å². The number of hydrogen-bond donors (Lipinski definition) is 1. The summed E-state index contributed by atoms with van der Waals surface area (Å²) in [7, 11) is 1.92. The van der Waals surface area contributed by atoms with Crippen LogP contribution >= 0.6 is 11.8 Å². The minimum absolute atomic E-state index is 0.234. The third kappa shape index (κ3) is 3.60. The van der Waals surface area contributed by atoms with Gasteiger partial charge in [-0.15, -0.1) is 0 Å². The summed E-state index contributed by atoms with van der Waals surface area (Å²) >= 11 is 1.56. The third-order valence-corrected chi connectivity index (χ3v) is 3.61. The topological polar surface area (TPSA) is 38.0 Å². The van der Waals surface area contributed by atoms with Gasteiger partial charge in [0.05, 0.1) is 0 Å². The predicted octanol–water partition coefficient (Wildman–Crippen LogP) is 2.20. The second kappa shape index (κ2) is 6.41. The molecule has 0 bridgehead atoms. The highest BCUT2D eigenvalue weighted by atomic mass is 32.2. The van der Waals surface area contributed by atoms with Gasteiger partial charge in [-0.3, -0.25) is 0 Å². The zero-order chi connectivity index (χ0) is 13.7. The van der Waals surface area contributed by atoms with Crippen molar-refractivity contribution in [1.29, 1.82) is 0 Å². The summed E-state index contributed by atoms with van der Waals surface area (Å²) in [4.78, 5) is 4.22. The highest BCUT2D eigenvalue weighted by Gasteiger charge is 2.05. The number of imidazole rings is 1. The molecule has 0 atom stereocenters. The van der Waals surface area contributed by atoms with Crippen molar-refractivity contribution in [3.63, 3.8) is 0 Å². The molecule has 0 fully saturated rings. The fraction of sp³-hybridized carbons (Fsp3) is 0.214. The number of hydrogen-bond acceptors (Lipinski definition) is 3. The molecule has 0 amide bonds. The lowest BCUT2D eigenvalue weighted by Gasteiger charge is -2.05. The fourth-order valence-electron chi connectivity index (χ4n) is 1.56. The predicted molar refractivity (Wildman–Crippen MR) is 73.1 cm³/mol. The molecule has 0 unspecified atom stereocenters. The highest BCUT2D eigenvalue weighted by Crippen LogP contribution is 2.22. The Morgan fingerprint density at radius 1 is 1.47 bits per heavy atom. The van der Waals surface area contributed by atoms with E-state index in [1.54, 1.807) is 24.0 Å². The molecule has 2 aromatic rings. The molecular formula is C14H13FN2OS. The number of nitrogens with zero attached hydrogens (tertiary/aromatic N) is 2. The van der Waals surface area contributed by atoms with Gasteiger partial charge < -0.3 is 9.67 Å². The normalized spacial score (nSPS) is 10.1. The minimum atomic E-state index is -0.326. The van der Waals surface area contributed by atoms with Crippen LogP contribution in [0.4, 0.5) is 4.39 Å². The summed E-state index contributed by atoms with van der Waals surface area (Å²) in [5.74, 6) is 5.64. The van der Waals surface area contributed by atoms with Gasteiger partial charge in [0.2, 0.25) is 0 Å². The monoisotopic (exact) mass is 276 g/mol. The van der Waals surface area contributed by atoms with Gasteiger partial charge in [-0.05, 0) is 17.7 Å². The molecule has 1 aromatic heterocycles. The van der Waals surface area contributed by atoms with Crippen LogP contribution in [0, 0.1) is 17.7 Å². The first kappa shape index (κ1) is 13.7. The number of rotatable bonds is 3. The summed E-state index contributed by atoms with van der Waals surface area (Å²) in [6.07, 6.45) is 3.61. The van der Waals surface area contributed by atoms with E-state index < -0.39 is 0 Å². The van der Waals surface area contributed by atoms with Crippen LogP contribution < -0.4 is 0 Å². The van der Waals surface area contributed by atoms with Gasteiger partial charge in [-0.1, -0.05) is 29.7 Å². The van der Waals surface area contributed by atoms with Crippen LogP contribution in [0.5, 0.6) is 0 Å². The lowest BCUT2D eigenvalue weighted by atomic mass is 10.1. The Balaban J connectivity index is 2.17. The van der Waals surface area contributed by atoms with Crippen LogP contribution in [0.15, 0.2) is 35.7 Å². The average molecular weight is 276 g/mol. The molecule has 3 nitrogen and oxygen atoms in total. The minimum Gasteiger partial charge on any atom is -0.384 e. The molecule has 0 saturated carbocycles. The standard InChI is InChI=1S/C14H13FN2OS/c1-17-7-6-16-14(17)19-10-12-4-5-13(15)9-11(12)3-2-8-18/h4-7,9,18H,8,10H2,1H3. The molecular weight excluding hydrogens is 263 g/mol. The maximum atomic E-state index is 13.2. The zero-order valence-corrected chi connectivity index (χ0v) is 11.2. The summed E-state index contributed by atoms with van der Waals surface area (Å²) < 4.78 is 15.1. The van der Waals surface area contributed by atoms with Crippen molar-refractivity contribution in [2.45, 2.75) is 10.9 Å². The molecule has 1 heterocycles.